The normalized spacial score (nSPS) is 14.6. The van der Waals surface area contributed by atoms with Crippen molar-refractivity contribution in [1.82, 2.24) is 5.32 Å². The van der Waals surface area contributed by atoms with Crippen molar-refractivity contribution in [3.63, 3.8) is 0 Å². The van der Waals surface area contributed by atoms with Gasteiger partial charge in [-0.3, -0.25) is 4.79 Å². The number of unbranched alkanes of at least 4 members (excludes halogenated alkanes) is 15. The van der Waals surface area contributed by atoms with Crippen LogP contribution in [0.25, 0.3) is 0 Å². The Balaban J connectivity index is 3.79. The van der Waals surface area contributed by atoms with Crippen LogP contribution in [-0.2, 0) is 4.79 Å². The minimum Gasteiger partial charge on any atom is -0.353 e. The number of hydrogen-bond acceptors (Lipinski definition) is 1. The zero-order valence-corrected chi connectivity index (χ0v) is 20.0. The van der Waals surface area contributed by atoms with Crippen LogP contribution in [0.3, 0.4) is 0 Å². The molecule has 2 nitrogen and oxygen atoms in total. The van der Waals surface area contributed by atoms with E-state index in [1.165, 1.54) is 116 Å². The molecule has 2 unspecified atom stereocenters. The SMILES string of the molecule is CCCCCCCCCCCCCC(C)C(C)(CCCCCCCC)NC=O. The van der Waals surface area contributed by atoms with Gasteiger partial charge in [-0.2, -0.15) is 0 Å². The van der Waals surface area contributed by atoms with Crippen LogP contribution in [0.15, 0.2) is 0 Å². The smallest absolute Gasteiger partial charge is 0.207 e. The standard InChI is InChI=1S/C26H53NO/c1-5-7-9-11-13-14-15-16-17-18-20-22-25(3)26(4,27-24-28)23-21-19-12-10-8-6-2/h24-25H,5-23H2,1-4H3,(H,27,28). The molecular weight excluding hydrogens is 342 g/mol. The largest absolute Gasteiger partial charge is 0.353 e. The molecule has 168 valence electrons. The molecule has 2 heteroatoms. The summed E-state index contributed by atoms with van der Waals surface area (Å²) < 4.78 is 0. The van der Waals surface area contributed by atoms with E-state index in [0.717, 1.165) is 12.8 Å². The van der Waals surface area contributed by atoms with Gasteiger partial charge < -0.3 is 5.32 Å². The summed E-state index contributed by atoms with van der Waals surface area (Å²) in [6.45, 7) is 9.15. The average Bonchev–Trinajstić information content (AvgIpc) is 2.68. The summed E-state index contributed by atoms with van der Waals surface area (Å²) in [7, 11) is 0. The van der Waals surface area contributed by atoms with Gasteiger partial charge in [-0.25, -0.2) is 0 Å². The van der Waals surface area contributed by atoms with E-state index in [1.54, 1.807) is 0 Å². The molecule has 0 aliphatic carbocycles. The molecule has 2 atom stereocenters. The third kappa shape index (κ3) is 15.4. The first-order chi connectivity index (χ1) is 13.6. The van der Waals surface area contributed by atoms with Gasteiger partial charge in [0.05, 0.1) is 0 Å². The molecule has 0 radical (unpaired) electrons. The monoisotopic (exact) mass is 395 g/mol. The fraction of sp³-hybridized carbons (Fsp3) is 0.962. The molecule has 1 N–H and O–H groups in total. The Morgan fingerprint density at radius 1 is 0.679 bits per heavy atom. The Labute approximate surface area is 178 Å². The molecule has 0 aliphatic heterocycles. The molecule has 0 aromatic carbocycles. The summed E-state index contributed by atoms with van der Waals surface area (Å²) in [4.78, 5) is 11.1. The van der Waals surface area contributed by atoms with E-state index >= 15 is 0 Å². The van der Waals surface area contributed by atoms with Gasteiger partial charge in [-0.1, -0.05) is 130 Å². The van der Waals surface area contributed by atoms with Crippen molar-refractivity contribution in [2.24, 2.45) is 5.92 Å². The quantitative estimate of drug-likeness (QED) is 0.144. The van der Waals surface area contributed by atoms with Crippen molar-refractivity contribution in [3.8, 4) is 0 Å². The van der Waals surface area contributed by atoms with E-state index in [2.05, 4.69) is 33.0 Å². The fourth-order valence-electron chi connectivity index (χ4n) is 4.30. The number of hydrogen-bond donors (Lipinski definition) is 1. The molecule has 0 aromatic rings. The van der Waals surface area contributed by atoms with Gasteiger partial charge in [-0.05, 0) is 25.7 Å². The number of nitrogens with one attached hydrogen (secondary N) is 1. The Hall–Kier alpha value is -0.530. The average molecular weight is 396 g/mol. The topological polar surface area (TPSA) is 29.1 Å². The van der Waals surface area contributed by atoms with Crippen molar-refractivity contribution >= 4 is 6.41 Å². The van der Waals surface area contributed by atoms with Crippen LogP contribution < -0.4 is 5.32 Å². The number of carbonyl (C=O) groups excluding carboxylic acids is 1. The predicted octanol–water partition coefficient (Wildman–Crippen LogP) is 8.58. The summed E-state index contributed by atoms with van der Waals surface area (Å²) >= 11 is 0. The van der Waals surface area contributed by atoms with Crippen LogP contribution in [0.2, 0.25) is 0 Å². The molecule has 0 rings (SSSR count). The molecule has 1 amide bonds. The Kier molecular flexibility index (Phi) is 19.4. The lowest BCUT2D eigenvalue weighted by Crippen LogP contribution is -2.47. The van der Waals surface area contributed by atoms with Crippen LogP contribution in [0, 0.1) is 5.92 Å². The van der Waals surface area contributed by atoms with Crippen molar-refractivity contribution in [2.75, 3.05) is 0 Å². The van der Waals surface area contributed by atoms with Crippen molar-refractivity contribution in [2.45, 2.75) is 155 Å². The molecule has 0 spiro atoms. The molecule has 0 heterocycles. The van der Waals surface area contributed by atoms with E-state index < -0.39 is 0 Å². The van der Waals surface area contributed by atoms with Gasteiger partial charge in [0, 0.05) is 5.54 Å². The molecule has 0 fully saturated rings. The van der Waals surface area contributed by atoms with Crippen molar-refractivity contribution in [3.05, 3.63) is 0 Å². The van der Waals surface area contributed by atoms with Crippen LogP contribution in [0.4, 0.5) is 0 Å². The first-order valence-corrected chi connectivity index (χ1v) is 12.8. The van der Waals surface area contributed by atoms with Crippen LogP contribution in [0.5, 0.6) is 0 Å². The maximum atomic E-state index is 11.1. The maximum absolute atomic E-state index is 11.1. The highest BCUT2D eigenvalue weighted by atomic mass is 16.1. The Bertz CT molecular complexity index is 330. The van der Waals surface area contributed by atoms with Crippen molar-refractivity contribution in [1.29, 1.82) is 0 Å². The molecular formula is C26H53NO. The highest BCUT2D eigenvalue weighted by Crippen LogP contribution is 2.28. The first kappa shape index (κ1) is 27.5. The zero-order chi connectivity index (χ0) is 20.9. The highest BCUT2D eigenvalue weighted by Gasteiger charge is 2.29. The number of rotatable bonds is 22. The zero-order valence-electron chi connectivity index (χ0n) is 20.0. The minimum absolute atomic E-state index is 0.0228. The lowest BCUT2D eigenvalue weighted by Gasteiger charge is -2.36. The Morgan fingerprint density at radius 2 is 1.07 bits per heavy atom. The third-order valence-corrected chi connectivity index (χ3v) is 6.77. The first-order valence-electron chi connectivity index (χ1n) is 12.8. The van der Waals surface area contributed by atoms with Crippen molar-refractivity contribution < 1.29 is 4.79 Å². The van der Waals surface area contributed by atoms with Crippen LogP contribution in [-0.4, -0.2) is 11.9 Å². The van der Waals surface area contributed by atoms with Gasteiger partial charge in [-0.15, -0.1) is 0 Å². The summed E-state index contributed by atoms with van der Waals surface area (Å²) in [5.41, 5.74) is -0.0228. The van der Waals surface area contributed by atoms with Gasteiger partial charge in [0.2, 0.25) is 6.41 Å². The highest BCUT2D eigenvalue weighted by molar-refractivity contribution is 5.47. The van der Waals surface area contributed by atoms with E-state index in [1.807, 2.05) is 0 Å². The van der Waals surface area contributed by atoms with E-state index in [4.69, 9.17) is 0 Å². The second kappa shape index (κ2) is 19.8. The second-order valence-electron chi connectivity index (χ2n) is 9.42. The van der Waals surface area contributed by atoms with E-state index in [9.17, 15) is 4.79 Å². The summed E-state index contributed by atoms with van der Waals surface area (Å²) in [5, 5.41) is 3.17. The molecule has 0 saturated carbocycles. The minimum atomic E-state index is -0.0228. The van der Waals surface area contributed by atoms with Gasteiger partial charge in [0.15, 0.2) is 0 Å². The summed E-state index contributed by atoms with van der Waals surface area (Å²) in [6, 6.07) is 0. The summed E-state index contributed by atoms with van der Waals surface area (Å²) in [5.74, 6) is 0.562. The fourth-order valence-corrected chi connectivity index (χ4v) is 4.30. The predicted molar refractivity (Wildman–Crippen MR) is 126 cm³/mol. The molecule has 0 aromatic heterocycles. The lowest BCUT2D eigenvalue weighted by molar-refractivity contribution is -0.111. The lowest BCUT2D eigenvalue weighted by atomic mass is 9.79. The van der Waals surface area contributed by atoms with E-state index in [0.29, 0.717) is 5.92 Å². The Morgan fingerprint density at radius 3 is 1.50 bits per heavy atom. The second-order valence-corrected chi connectivity index (χ2v) is 9.42. The summed E-state index contributed by atoms with van der Waals surface area (Å²) in [6.07, 6.45) is 26.6. The third-order valence-electron chi connectivity index (χ3n) is 6.77. The van der Waals surface area contributed by atoms with Gasteiger partial charge in [0.25, 0.3) is 0 Å². The molecule has 0 bridgehead atoms. The van der Waals surface area contributed by atoms with Crippen LogP contribution >= 0.6 is 0 Å². The number of carbonyl (C=O) groups is 1. The van der Waals surface area contributed by atoms with E-state index in [-0.39, 0.29) is 5.54 Å². The van der Waals surface area contributed by atoms with Gasteiger partial charge >= 0.3 is 0 Å². The molecule has 0 saturated heterocycles. The number of amides is 1. The molecule has 0 aliphatic rings. The molecule has 28 heavy (non-hydrogen) atoms. The van der Waals surface area contributed by atoms with Gasteiger partial charge in [0.1, 0.15) is 0 Å². The van der Waals surface area contributed by atoms with Crippen LogP contribution in [0.1, 0.15) is 150 Å². The maximum Gasteiger partial charge on any atom is 0.207 e.